The zero-order valence-corrected chi connectivity index (χ0v) is 13.0. The van der Waals surface area contributed by atoms with E-state index < -0.39 is 10.8 Å². The zero-order chi connectivity index (χ0) is 14.4. The summed E-state index contributed by atoms with van der Waals surface area (Å²) in [7, 11) is -1.06. The van der Waals surface area contributed by atoms with Crippen LogP contribution in [0.2, 0.25) is 5.02 Å². The largest absolute Gasteiger partial charge is 0.486 e. The highest BCUT2D eigenvalue weighted by Gasteiger charge is 2.07. The number of ether oxygens (including phenoxy) is 1. The number of hydrogen-bond donors (Lipinski definition) is 1. The van der Waals surface area contributed by atoms with Crippen molar-refractivity contribution in [3.8, 4) is 5.75 Å². The third-order valence-corrected chi connectivity index (χ3v) is 4.78. The van der Waals surface area contributed by atoms with Crippen LogP contribution in [0.1, 0.15) is 10.7 Å². The Morgan fingerprint density at radius 1 is 1.35 bits per heavy atom. The molecule has 7 heteroatoms. The molecule has 2 aromatic rings. The van der Waals surface area contributed by atoms with Crippen LogP contribution in [-0.2, 0) is 23.2 Å². The van der Waals surface area contributed by atoms with E-state index in [4.69, 9.17) is 21.4 Å². The van der Waals surface area contributed by atoms with Gasteiger partial charge in [0.25, 0.3) is 0 Å². The van der Waals surface area contributed by atoms with Crippen LogP contribution in [0.15, 0.2) is 29.6 Å². The van der Waals surface area contributed by atoms with E-state index in [0.29, 0.717) is 17.4 Å². The molecule has 1 atom stereocenters. The van der Waals surface area contributed by atoms with Crippen molar-refractivity contribution in [2.24, 2.45) is 0 Å². The molecular weight excluding hydrogens is 318 g/mol. The molecule has 1 aromatic carbocycles. The van der Waals surface area contributed by atoms with Crippen molar-refractivity contribution in [2.75, 3.05) is 12.4 Å². The minimum Gasteiger partial charge on any atom is -0.486 e. The molecule has 1 N–H and O–H groups in total. The maximum Gasteiger partial charge on any atom is 0.140 e. The van der Waals surface area contributed by atoms with Crippen molar-refractivity contribution < 1.29 is 14.1 Å². The molecule has 0 saturated carbocycles. The maximum absolute atomic E-state index is 11.5. The number of halogens is 1. The molecule has 1 unspecified atom stereocenters. The van der Waals surface area contributed by atoms with Gasteiger partial charge in [0, 0.05) is 27.0 Å². The Kier molecular flexibility index (Phi) is 5.97. The van der Waals surface area contributed by atoms with Crippen molar-refractivity contribution >= 4 is 33.7 Å². The lowest BCUT2D eigenvalue weighted by atomic mass is 10.3. The highest BCUT2D eigenvalue weighted by Crippen LogP contribution is 2.18. The molecular formula is C13H14ClNO3S2. The second-order valence-electron chi connectivity index (χ2n) is 3.99. The number of aromatic nitrogens is 1. The number of rotatable bonds is 7. The van der Waals surface area contributed by atoms with Crippen LogP contribution in [-0.4, -0.2) is 26.7 Å². The van der Waals surface area contributed by atoms with Gasteiger partial charge in [-0.2, -0.15) is 0 Å². The topological polar surface area (TPSA) is 59.4 Å². The quantitative estimate of drug-likeness (QED) is 0.847. The summed E-state index contributed by atoms with van der Waals surface area (Å²) in [5.74, 6) is 1.39. The minimum atomic E-state index is -1.06. The number of aliphatic hydroxyl groups is 1. The van der Waals surface area contributed by atoms with E-state index in [0.717, 1.165) is 16.5 Å². The van der Waals surface area contributed by atoms with Gasteiger partial charge in [-0.05, 0) is 24.3 Å². The number of thiazole rings is 1. The molecule has 0 spiro atoms. The van der Waals surface area contributed by atoms with Crippen LogP contribution in [0.4, 0.5) is 0 Å². The van der Waals surface area contributed by atoms with E-state index in [1.165, 1.54) is 11.3 Å². The van der Waals surface area contributed by atoms with Crippen molar-refractivity contribution in [3.05, 3.63) is 45.4 Å². The molecule has 1 heterocycles. The molecule has 4 nitrogen and oxygen atoms in total. The number of hydrogen-bond acceptors (Lipinski definition) is 5. The van der Waals surface area contributed by atoms with Gasteiger partial charge in [0.15, 0.2) is 0 Å². The van der Waals surface area contributed by atoms with Crippen molar-refractivity contribution in [3.63, 3.8) is 0 Å². The average Bonchev–Trinajstić information content (AvgIpc) is 2.86. The van der Waals surface area contributed by atoms with Crippen LogP contribution in [0.5, 0.6) is 5.75 Å². The van der Waals surface area contributed by atoms with E-state index in [-0.39, 0.29) is 12.4 Å². The first-order valence-corrected chi connectivity index (χ1v) is 8.69. The summed E-state index contributed by atoms with van der Waals surface area (Å²) in [4.78, 5) is 4.36. The molecule has 0 bridgehead atoms. The number of benzene rings is 1. The summed E-state index contributed by atoms with van der Waals surface area (Å²) in [6.07, 6.45) is 0. The molecule has 0 radical (unpaired) electrons. The second-order valence-corrected chi connectivity index (χ2v) is 6.94. The van der Waals surface area contributed by atoms with E-state index in [2.05, 4.69) is 4.98 Å². The molecule has 2 rings (SSSR count). The first-order chi connectivity index (χ1) is 9.67. The summed E-state index contributed by atoms with van der Waals surface area (Å²) in [6, 6.07) is 7.13. The Hall–Kier alpha value is -0.950. The van der Waals surface area contributed by atoms with E-state index >= 15 is 0 Å². The predicted octanol–water partition coefficient (Wildman–Crippen LogP) is 2.62. The number of nitrogens with zero attached hydrogens (tertiary/aromatic N) is 1. The first kappa shape index (κ1) is 15.4. The van der Waals surface area contributed by atoms with Crippen molar-refractivity contribution in [1.82, 2.24) is 4.98 Å². The Bertz CT molecular complexity index is 571. The molecule has 0 aliphatic heterocycles. The van der Waals surface area contributed by atoms with Crippen LogP contribution in [0, 0.1) is 0 Å². The van der Waals surface area contributed by atoms with Gasteiger partial charge in [0.2, 0.25) is 0 Å². The van der Waals surface area contributed by atoms with Crippen LogP contribution < -0.4 is 4.74 Å². The van der Waals surface area contributed by atoms with Crippen molar-refractivity contribution in [1.29, 1.82) is 0 Å². The molecule has 0 aliphatic carbocycles. The van der Waals surface area contributed by atoms with E-state index in [1.807, 2.05) is 5.38 Å². The predicted molar refractivity (Wildman–Crippen MR) is 81.7 cm³/mol. The fourth-order valence-corrected chi connectivity index (χ4v) is 3.26. The fraction of sp³-hybridized carbons (Fsp3) is 0.308. The Morgan fingerprint density at radius 3 is 2.80 bits per heavy atom. The monoisotopic (exact) mass is 331 g/mol. The smallest absolute Gasteiger partial charge is 0.140 e. The zero-order valence-electron chi connectivity index (χ0n) is 10.6. The highest BCUT2D eigenvalue weighted by molar-refractivity contribution is 7.84. The van der Waals surface area contributed by atoms with Gasteiger partial charge < -0.3 is 9.84 Å². The molecule has 108 valence electrons. The highest BCUT2D eigenvalue weighted by atomic mass is 35.5. The first-order valence-electron chi connectivity index (χ1n) is 5.95. The summed E-state index contributed by atoms with van der Waals surface area (Å²) < 4.78 is 17.1. The van der Waals surface area contributed by atoms with Gasteiger partial charge >= 0.3 is 0 Å². The lowest BCUT2D eigenvalue weighted by Gasteiger charge is -2.03. The SMILES string of the molecule is O=S(CCO)Cc1csc(COc2ccc(Cl)cc2)n1. The van der Waals surface area contributed by atoms with Crippen LogP contribution >= 0.6 is 22.9 Å². The van der Waals surface area contributed by atoms with E-state index in [1.54, 1.807) is 24.3 Å². The average molecular weight is 332 g/mol. The van der Waals surface area contributed by atoms with Crippen LogP contribution in [0.3, 0.4) is 0 Å². The lowest BCUT2D eigenvalue weighted by molar-refractivity contribution is 0.305. The molecule has 0 aliphatic rings. The third kappa shape index (κ3) is 4.86. The Balaban J connectivity index is 1.86. The maximum atomic E-state index is 11.5. The van der Waals surface area contributed by atoms with Crippen molar-refractivity contribution in [2.45, 2.75) is 12.4 Å². The lowest BCUT2D eigenvalue weighted by Crippen LogP contribution is -2.05. The Labute approximate surface area is 128 Å². The normalized spacial score (nSPS) is 12.3. The second kappa shape index (κ2) is 7.73. The molecule has 0 amide bonds. The Morgan fingerprint density at radius 2 is 2.10 bits per heavy atom. The minimum absolute atomic E-state index is 0.0662. The summed E-state index contributed by atoms with van der Waals surface area (Å²) >= 11 is 7.27. The summed E-state index contributed by atoms with van der Waals surface area (Å²) in [6.45, 7) is 0.308. The van der Waals surface area contributed by atoms with Crippen LogP contribution in [0.25, 0.3) is 0 Å². The summed E-state index contributed by atoms with van der Waals surface area (Å²) in [5, 5.41) is 12.1. The van der Waals surface area contributed by atoms with Gasteiger partial charge in [-0.1, -0.05) is 11.6 Å². The van der Waals surface area contributed by atoms with Gasteiger partial charge in [-0.25, -0.2) is 4.98 Å². The molecule has 0 fully saturated rings. The standard InChI is InChI=1S/C13H14ClNO3S2/c14-10-1-3-12(4-2-10)18-7-13-15-11(8-19-13)9-20(17)6-5-16/h1-4,8,16H,5-7,9H2. The molecule has 0 saturated heterocycles. The van der Waals surface area contributed by atoms with Gasteiger partial charge in [0.1, 0.15) is 17.4 Å². The molecule has 20 heavy (non-hydrogen) atoms. The number of aliphatic hydroxyl groups excluding tert-OH is 1. The molecule has 1 aromatic heterocycles. The van der Waals surface area contributed by atoms with E-state index in [9.17, 15) is 4.21 Å². The third-order valence-electron chi connectivity index (χ3n) is 2.40. The van der Waals surface area contributed by atoms with Gasteiger partial charge in [-0.15, -0.1) is 11.3 Å². The fourth-order valence-electron chi connectivity index (χ4n) is 1.50. The van der Waals surface area contributed by atoms with Gasteiger partial charge in [0.05, 0.1) is 18.1 Å². The summed E-state index contributed by atoms with van der Waals surface area (Å²) in [5.41, 5.74) is 0.775. The van der Waals surface area contributed by atoms with Gasteiger partial charge in [-0.3, -0.25) is 4.21 Å².